The summed E-state index contributed by atoms with van der Waals surface area (Å²) in [6.07, 6.45) is 1.81. The number of nitrogens with two attached hydrogens (primary N) is 1. The number of rotatable bonds is 1. The van der Waals surface area contributed by atoms with Crippen molar-refractivity contribution in [2.45, 2.75) is 18.4 Å². The summed E-state index contributed by atoms with van der Waals surface area (Å²) in [7, 11) is 0. The summed E-state index contributed by atoms with van der Waals surface area (Å²) >= 11 is 0. The molecule has 0 aromatic carbocycles. The molecule has 1 aromatic rings. The molecule has 1 saturated carbocycles. The van der Waals surface area contributed by atoms with E-state index in [1.165, 1.54) is 6.07 Å². The van der Waals surface area contributed by atoms with Crippen LogP contribution >= 0.6 is 0 Å². The fourth-order valence-corrected chi connectivity index (χ4v) is 0.963. The lowest BCUT2D eigenvalue weighted by Crippen LogP contribution is -2.17. The molecule has 2 N–H and O–H groups in total. The van der Waals surface area contributed by atoms with Crippen LogP contribution in [0.15, 0.2) is 16.5 Å². The smallest absolute Gasteiger partial charge is 0.277 e. The predicted octanol–water partition coefficient (Wildman–Crippen LogP) is 1.37. The van der Waals surface area contributed by atoms with Crippen LogP contribution in [0.3, 0.4) is 0 Å². The van der Waals surface area contributed by atoms with Gasteiger partial charge in [-0.2, -0.15) is 4.39 Å². The molecule has 54 valence electrons. The third-order valence-electron chi connectivity index (χ3n) is 1.85. The molecular weight excluding hydrogens is 133 g/mol. The molecular formula is C7H8FNO. The monoisotopic (exact) mass is 141 g/mol. The highest BCUT2D eigenvalue weighted by atomic mass is 19.1. The first-order chi connectivity index (χ1) is 4.71. The fourth-order valence-electron chi connectivity index (χ4n) is 0.963. The molecule has 10 heavy (non-hydrogen) atoms. The van der Waals surface area contributed by atoms with Crippen molar-refractivity contribution in [1.29, 1.82) is 0 Å². The van der Waals surface area contributed by atoms with Crippen molar-refractivity contribution in [3.63, 3.8) is 0 Å². The van der Waals surface area contributed by atoms with Gasteiger partial charge in [-0.3, -0.25) is 0 Å². The molecule has 0 spiro atoms. The molecule has 1 heterocycles. The van der Waals surface area contributed by atoms with Gasteiger partial charge in [0.25, 0.3) is 6.01 Å². The SMILES string of the molecule is NC1(c2ccc(F)o2)CC1. The van der Waals surface area contributed by atoms with Gasteiger partial charge in [-0.15, -0.1) is 0 Å². The van der Waals surface area contributed by atoms with Crippen molar-refractivity contribution < 1.29 is 8.81 Å². The van der Waals surface area contributed by atoms with Crippen LogP contribution in [0, 0.1) is 6.01 Å². The van der Waals surface area contributed by atoms with E-state index in [2.05, 4.69) is 0 Å². The van der Waals surface area contributed by atoms with E-state index in [-0.39, 0.29) is 5.54 Å². The molecule has 1 fully saturated rings. The minimum absolute atomic E-state index is 0.343. The van der Waals surface area contributed by atoms with Crippen LogP contribution in [0.2, 0.25) is 0 Å². The lowest BCUT2D eigenvalue weighted by molar-refractivity contribution is 0.320. The number of halogens is 1. The molecule has 2 rings (SSSR count). The first kappa shape index (κ1) is 5.92. The van der Waals surface area contributed by atoms with Crippen molar-refractivity contribution in [2.75, 3.05) is 0 Å². The maximum atomic E-state index is 12.3. The Kier molecular flexibility index (Phi) is 0.951. The van der Waals surface area contributed by atoms with Gasteiger partial charge in [0.1, 0.15) is 5.76 Å². The Balaban J connectivity index is 2.34. The van der Waals surface area contributed by atoms with Crippen LogP contribution < -0.4 is 5.73 Å². The molecule has 3 heteroatoms. The van der Waals surface area contributed by atoms with E-state index in [1.54, 1.807) is 6.07 Å². The Morgan fingerprint density at radius 2 is 2.20 bits per heavy atom. The Hall–Kier alpha value is -0.830. The van der Waals surface area contributed by atoms with Crippen molar-refractivity contribution >= 4 is 0 Å². The molecule has 0 saturated heterocycles. The summed E-state index contributed by atoms with van der Waals surface area (Å²) < 4.78 is 17.0. The van der Waals surface area contributed by atoms with E-state index in [0.717, 1.165) is 12.8 Å². The first-order valence-electron chi connectivity index (χ1n) is 3.25. The summed E-state index contributed by atoms with van der Waals surface area (Å²) in [5, 5.41) is 0. The minimum Gasteiger partial charge on any atom is -0.434 e. The lowest BCUT2D eigenvalue weighted by atomic mass is 10.2. The molecule has 0 unspecified atom stereocenters. The zero-order valence-corrected chi connectivity index (χ0v) is 5.43. The van der Waals surface area contributed by atoms with Gasteiger partial charge in [0, 0.05) is 6.07 Å². The second-order valence-corrected chi connectivity index (χ2v) is 2.76. The third-order valence-corrected chi connectivity index (χ3v) is 1.85. The molecule has 0 atom stereocenters. The Bertz CT molecular complexity index is 252. The van der Waals surface area contributed by atoms with E-state index in [0.29, 0.717) is 5.76 Å². The average molecular weight is 141 g/mol. The van der Waals surface area contributed by atoms with Crippen molar-refractivity contribution in [3.8, 4) is 0 Å². The van der Waals surface area contributed by atoms with Gasteiger partial charge in [-0.1, -0.05) is 0 Å². The van der Waals surface area contributed by atoms with Crippen LogP contribution in [0.4, 0.5) is 4.39 Å². The number of hydrogen-bond donors (Lipinski definition) is 1. The van der Waals surface area contributed by atoms with Gasteiger partial charge in [-0.05, 0) is 18.9 Å². The highest BCUT2D eigenvalue weighted by Gasteiger charge is 2.43. The quantitative estimate of drug-likeness (QED) is 0.641. The van der Waals surface area contributed by atoms with Gasteiger partial charge >= 0.3 is 0 Å². The summed E-state index contributed by atoms with van der Waals surface area (Å²) in [5.41, 5.74) is 5.38. The summed E-state index contributed by atoms with van der Waals surface area (Å²) in [6, 6.07) is 2.34. The zero-order valence-electron chi connectivity index (χ0n) is 5.43. The highest BCUT2D eigenvalue weighted by Crippen LogP contribution is 2.42. The van der Waals surface area contributed by atoms with Crippen LogP contribution in [0.25, 0.3) is 0 Å². The predicted molar refractivity (Wildman–Crippen MR) is 33.8 cm³/mol. The molecule has 2 nitrogen and oxygen atoms in total. The Labute approximate surface area is 57.8 Å². The normalized spacial score (nSPS) is 21.0. The van der Waals surface area contributed by atoms with E-state index in [9.17, 15) is 4.39 Å². The van der Waals surface area contributed by atoms with Crippen molar-refractivity contribution in [1.82, 2.24) is 0 Å². The Morgan fingerprint density at radius 3 is 2.60 bits per heavy atom. The molecule has 0 aliphatic heterocycles. The molecule has 0 radical (unpaired) electrons. The second-order valence-electron chi connectivity index (χ2n) is 2.76. The summed E-state index contributed by atoms with van der Waals surface area (Å²) in [5.74, 6) is 0.574. The van der Waals surface area contributed by atoms with Gasteiger partial charge < -0.3 is 10.2 Å². The van der Waals surface area contributed by atoms with E-state index < -0.39 is 6.01 Å². The average Bonchev–Trinajstić information content (AvgIpc) is 2.45. The molecule has 1 aliphatic carbocycles. The maximum Gasteiger partial charge on any atom is 0.277 e. The lowest BCUT2D eigenvalue weighted by Gasteiger charge is -2.00. The van der Waals surface area contributed by atoms with Crippen LogP contribution in [0.5, 0.6) is 0 Å². The van der Waals surface area contributed by atoms with E-state index in [4.69, 9.17) is 10.2 Å². The standard InChI is InChI=1S/C7H8FNO/c8-6-2-1-5(10-6)7(9)3-4-7/h1-2H,3-4,9H2. The van der Waals surface area contributed by atoms with E-state index >= 15 is 0 Å². The van der Waals surface area contributed by atoms with Gasteiger partial charge in [0.2, 0.25) is 0 Å². The fraction of sp³-hybridized carbons (Fsp3) is 0.429. The maximum absolute atomic E-state index is 12.3. The first-order valence-corrected chi connectivity index (χ1v) is 3.25. The van der Waals surface area contributed by atoms with Crippen molar-refractivity contribution in [3.05, 3.63) is 23.9 Å². The van der Waals surface area contributed by atoms with Crippen LogP contribution in [-0.4, -0.2) is 0 Å². The molecule has 0 amide bonds. The minimum atomic E-state index is -0.549. The topological polar surface area (TPSA) is 39.2 Å². The van der Waals surface area contributed by atoms with Crippen LogP contribution in [-0.2, 0) is 5.54 Å². The van der Waals surface area contributed by atoms with Gasteiger partial charge in [-0.25, -0.2) is 0 Å². The van der Waals surface area contributed by atoms with Crippen LogP contribution in [0.1, 0.15) is 18.6 Å². The molecule has 0 bridgehead atoms. The molecule has 1 aliphatic rings. The second kappa shape index (κ2) is 1.61. The van der Waals surface area contributed by atoms with Gasteiger partial charge in [0.15, 0.2) is 0 Å². The largest absolute Gasteiger partial charge is 0.434 e. The van der Waals surface area contributed by atoms with E-state index in [1.807, 2.05) is 0 Å². The van der Waals surface area contributed by atoms with Crippen molar-refractivity contribution in [2.24, 2.45) is 5.73 Å². The number of furan rings is 1. The summed E-state index contributed by atoms with van der Waals surface area (Å²) in [6.45, 7) is 0. The van der Waals surface area contributed by atoms with Gasteiger partial charge in [0.05, 0.1) is 5.54 Å². The summed E-state index contributed by atoms with van der Waals surface area (Å²) in [4.78, 5) is 0. The Morgan fingerprint density at radius 1 is 1.50 bits per heavy atom. The number of hydrogen-bond acceptors (Lipinski definition) is 2. The third kappa shape index (κ3) is 0.743. The zero-order chi connectivity index (χ0) is 7.19. The molecule has 1 aromatic heterocycles. The highest BCUT2D eigenvalue weighted by molar-refractivity contribution is 5.19.